The van der Waals surface area contributed by atoms with Gasteiger partial charge in [0.2, 0.25) is 0 Å². The SMILES string of the molecule is CC(C)C1=NC=CC(=O)C1. The molecule has 0 saturated carbocycles. The molecule has 10 heavy (non-hydrogen) atoms. The summed E-state index contributed by atoms with van der Waals surface area (Å²) in [4.78, 5) is 14.9. The summed E-state index contributed by atoms with van der Waals surface area (Å²) in [6.45, 7) is 4.09. The molecule has 1 aliphatic heterocycles. The fraction of sp³-hybridized carbons (Fsp3) is 0.500. The quantitative estimate of drug-likeness (QED) is 0.539. The number of nitrogens with zero attached hydrogens (tertiary/aromatic N) is 1. The maximum Gasteiger partial charge on any atom is 0.162 e. The van der Waals surface area contributed by atoms with E-state index in [0.717, 1.165) is 5.71 Å². The van der Waals surface area contributed by atoms with Crippen LogP contribution in [0.1, 0.15) is 20.3 Å². The maximum absolute atomic E-state index is 10.8. The van der Waals surface area contributed by atoms with Crippen LogP contribution in [0.25, 0.3) is 0 Å². The van der Waals surface area contributed by atoms with Crippen molar-refractivity contribution in [1.29, 1.82) is 0 Å². The van der Waals surface area contributed by atoms with Crippen molar-refractivity contribution in [2.45, 2.75) is 20.3 Å². The van der Waals surface area contributed by atoms with Gasteiger partial charge in [0.1, 0.15) is 0 Å². The van der Waals surface area contributed by atoms with E-state index in [-0.39, 0.29) is 5.78 Å². The van der Waals surface area contributed by atoms with Gasteiger partial charge in [0.25, 0.3) is 0 Å². The molecule has 1 rings (SSSR count). The fourth-order valence-electron chi connectivity index (χ4n) is 0.852. The molecule has 0 atom stereocenters. The third-order valence-corrected chi connectivity index (χ3v) is 1.52. The van der Waals surface area contributed by atoms with Crippen molar-refractivity contribution in [3.05, 3.63) is 12.3 Å². The molecular weight excluding hydrogens is 126 g/mol. The highest BCUT2D eigenvalue weighted by Crippen LogP contribution is 2.07. The Hall–Kier alpha value is -0.920. The van der Waals surface area contributed by atoms with Gasteiger partial charge in [-0.05, 0) is 12.0 Å². The molecule has 54 valence electrons. The van der Waals surface area contributed by atoms with E-state index >= 15 is 0 Å². The lowest BCUT2D eigenvalue weighted by Crippen LogP contribution is -2.14. The van der Waals surface area contributed by atoms with Gasteiger partial charge in [0, 0.05) is 18.3 Å². The molecule has 0 aliphatic carbocycles. The number of ketones is 1. The lowest BCUT2D eigenvalue weighted by molar-refractivity contribution is -0.113. The lowest BCUT2D eigenvalue weighted by Gasteiger charge is -2.09. The Morgan fingerprint density at radius 3 is 2.70 bits per heavy atom. The number of carbonyl (C=O) groups excluding carboxylic acids is 1. The predicted octanol–water partition coefficient (Wildman–Crippen LogP) is 1.57. The fourth-order valence-corrected chi connectivity index (χ4v) is 0.852. The molecular formula is C8H11NO. The number of aliphatic imine (C=N–C) groups is 1. The average molecular weight is 137 g/mol. The van der Waals surface area contributed by atoms with Crippen LogP contribution in [0, 0.1) is 5.92 Å². The summed E-state index contributed by atoms with van der Waals surface area (Å²) in [7, 11) is 0. The van der Waals surface area contributed by atoms with Gasteiger partial charge in [-0.2, -0.15) is 0 Å². The van der Waals surface area contributed by atoms with Crippen molar-refractivity contribution in [3.63, 3.8) is 0 Å². The Morgan fingerprint density at radius 1 is 1.60 bits per heavy atom. The predicted molar refractivity (Wildman–Crippen MR) is 41.0 cm³/mol. The smallest absolute Gasteiger partial charge is 0.162 e. The molecule has 0 unspecified atom stereocenters. The van der Waals surface area contributed by atoms with Crippen molar-refractivity contribution < 1.29 is 4.79 Å². The molecule has 0 radical (unpaired) electrons. The lowest BCUT2D eigenvalue weighted by atomic mass is 10.0. The number of hydrogen-bond acceptors (Lipinski definition) is 2. The molecule has 0 aromatic carbocycles. The largest absolute Gasteiger partial charge is 0.294 e. The zero-order valence-corrected chi connectivity index (χ0v) is 6.29. The highest BCUT2D eigenvalue weighted by Gasteiger charge is 2.10. The molecule has 1 heterocycles. The van der Waals surface area contributed by atoms with E-state index in [1.54, 1.807) is 6.20 Å². The van der Waals surface area contributed by atoms with E-state index in [0.29, 0.717) is 12.3 Å². The summed E-state index contributed by atoms with van der Waals surface area (Å²) in [5, 5.41) is 0. The first kappa shape index (κ1) is 7.19. The van der Waals surface area contributed by atoms with Crippen molar-refractivity contribution in [1.82, 2.24) is 0 Å². The Kier molecular flexibility index (Phi) is 2.00. The van der Waals surface area contributed by atoms with Crippen molar-refractivity contribution in [2.75, 3.05) is 0 Å². The summed E-state index contributed by atoms with van der Waals surface area (Å²) in [6, 6.07) is 0. The molecule has 0 bridgehead atoms. The minimum absolute atomic E-state index is 0.165. The Labute approximate surface area is 60.7 Å². The van der Waals surface area contributed by atoms with Crippen LogP contribution in [0.4, 0.5) is 0 Å². The van der Waals surface area contributed by atoms with E-state index in [1.807, 2.05) is 13.8 Å². The zero-order chi connectivity index (χ0) is 7.56. The van der Waals surface area contributed by atoms with E-state index in [4.69, 9.17) is 0 Å². The minimum atomic E-state index is 0.165. The summed E-state index contributed by atoms with van der Waals surface area (Å²) in [6.07, 6.45) is 3.61. The van der Waals surface area contributed by atoms with E-state index in [2.05, 4.69) is 4.99 Å². The second kappa shape index (κ2) is 2.78. The summed E-state index contributed by atoms with van der Waals surface area (Å²) >= 11 is 0. The van der Waals surface area contributed by atoms with Gasteiger partial charge >= 0.3 is 0 Å². The van der Waals surface area contributed by atoms with Gasteiger partial charge in [0.05, 0.1) is 0 Å². The first-order chi connectivity index (χ1) is 4.70. The van der Waals surface area contributed by atoms with Gasteiger partial charge in [0.15, 0.2) is 5.78 Å². The number of rotatable bonds is 1. The van der Waals surface area contributed by atoms with Gasteiger partial charge in [-0.25, -0.2) is 0 Å². The van der Waals surface area contributed by atoms with Gasteiger partial charge in [-0.3, -0.25) is 9.79 Å². The molecule has 0 aromatic rings. The van der Waals surface area contributed by atoms with E-state index in [9.17, 15) is 4.79 Å². The van der Waals surface area contributed by atoms with Crippen molar-refractivity contribution >= 4 is 11.5 Å². The van der Waals surface area contributed by atoms with Crippen LogP contribution in [0.3, 0.4) is 0 Å². The summed E-state index contributed by atoms with van der Waals surface area (Å²) in [5.74, 6) is 0.563. The third kappa shape index (κ3) is 1.53. The molecule has 1 aliphatic rings. The molecule has 2 heteroatoms. The molecule has 0 spiro atoms. The average Bonchev–Trinajstić information content (AvgIpc) is 1.88. The van der Waals surface area contributed by atoms with Crippen molar-refractivity contribution in [2.24, 2.45) is 10.9 Å². The first-order valence-electron chi connectivity index (χ1n) is 3.46. The molecule has 0 saturated heterocycles. The van der Waals surface area contributed by atoms with Crippen LogP contribution in [0.2, 0.25) is 0 Å². The molecule has 0 N–H and O–H groups in total. The highest BCUT2D eigenvalue weighted by atomic mass is 16.1. The molecule has 0 aromatic heterocycles. The normalized spacial score (nSPS) is 17.9. The number of allylic oxidation sites excluding steroid dienone is 1. The van der Waals surface area contributed by atoms with E-state index < -0.39 is 0 Å². The van der Waals surface area contributed by atoms with Crippen LogP contribution in [-0.4, -0.2) is 11.5 Å². The first-order valence-corrected chi connectivity index (χ1v) is 3.46. The topological polar surface area (TPSA) is 29.4 Å². The van der Waals surface area contributed by atoms with Crippen LogP contribution < -0.4 is 0 Å². The van der Waals surface area contributed by atoms with Crippen LogP contribution >= 0.6 is 0 Å². The third-order valence-electron chi connectivity index (χ3n) is 1.52. The Bertz CT molecular complexity index is 201. The minimum Gasteiger partial charge on any atom is -0.294 e. The monoisotopic (exact) mass is 137 g/mol. The van der Waals surface area contributed by atoms with Crippen LogP contribution in [-0.2, 0) is 4.79 Å². The second-order valence-electron chi connectivity index (χ2n) is 2.73. The zero-order valence-electron chi connectivity index (χ0n) is 6.29. The highest BCUT2D eigenvalue weighted by molar-refractivity contribution is 6.09. The molecule has 0 amide bonds. The summed E-state index contributed by atoms with van der Waals surface area (Å²) in [5.41, 5.74) is 0.993. The van der Waals surface area contributed by atoms with E-state index in [1.165, 1.54) is 6.08 Å². The van der Waals surface area contributed by atoms with Gasteiger partial charge in [-0.15, -0.1) is 0 Å². The van der Waals surface area contributed by atoms with Crippen molar-refractivity contribution in [3.8, 4) is 0 Å². The van der Waals surface area contributed by atoms with Crippen LogP contribution in [0.5, 0.6) is 0 Å². The second-order valence-corrected chi connectivity index (χ2v) is 2.73. The Balaban J connectivity index is 2.70. The molecule has 2 nitrogen and oxygen atoms in total. The van der Waals surface area contributed by atoms with Gasteiger partial charge in [-0.1, -0.05) is 13.8 Å². The van der Waals surface area contributed by atoms with Gasteiger partial charge < -0.3 is 0 Å². The maximum atomic E-state index is 10.8. The van der Waals surface area contributed by atoms with Crippen LogP contribution in [0.15, 0.2) is 17.3 Å². The number of hydrogen-bond donors (Lipinski definition) is 0. The summed E-state index contributed by atoms with van der Waals surface area (Å²) < 4.78 is 0. The number of carbonyl (C=O) groups is 1. The standard InChI is InChI=1S/C8H11NO/c1-6(2)8-5-7(10)3-4-9-8/h3-4,6H,5H2,1-2H3. The molecule has 0 fully saturated rings. The Morgan fingerprint density at radius 2 is 2.30 bits per heavy atom.